The highest BCUT2D eigenvalue weighted by Crippen LogP contribution is 2.91. The van der Waals surface area contributed by atoms with Crippen LogP contribution in [0, 0.1) is 5.92 Å². The molecule has 2 nitrogen and oxygen atoms in total. The molecular formula is C7H12O2S. The van der Waals surface area contributed by atoms with Crippen LogP contribution in [0.2, 0.25) is 0 Å². The third-order valence-electron chi connectivity index (χ3n) is 3.16. The van der Waals surface area contributed by atoms with E-state index in [2.05, 4.69) is 6.92 Å². The molecule has 10 heavy (non-hydrogen) atoms. The zero-order chi connectivity index (χ0) is 6.93. The van der Waals surface area contributed by atoms with Crippen LogP contribution in [0.25, 0.3) is 0 Å². The van der Waals surface area contributed by atoms with E-state index in [0.717, 1.165) is 16.4 Å². The Hall–Kier alpha value is 0.270. The van der Waals surface area contributed by atoms with Crippen LogP contribution in [-0.4, -0.2) is 29.7 Å². The molecule has 0 N–H and O–H groups in total. The van der Waals surface area contributed by atoms with Gasteiger partial charge in [-0.2, -0.15) is 0 Å². The van der Waals surface area contributed by atoms with Crippen LogP contribution >= 0.6 is 10.3 Å². The standard InChI is InChI=1S/C7H12O2S/c1-4-5-3-10(5)6(4)7(8-2)9-10/h4-7H,3H2,1-2H3/t4-,5?,6?,7+/m0/s1. The van der Waals surface area contributed by atoms with Crippen LogP contribution in [-0.2, 0) is 8.92 Å². The Labute approximate surface area is 62.4 Å². The van der Waals surface area contributed by atoms with Crippen molar-refractivity contribution in [2.75, 3.05) is 12.9 Å². The number of rotatable bonds is 1. The lowest BCUT2D eigenvalue weighted by Crippen LogP contribution is -2.55. The van der Waals surface area contributed by atoms with Crippen LogP contribution in [0.3, 0.4) is 0 Å². The van der Waals surface area contributed by atoms with Crippen molar-refractivity contribution >= 4 is 10.3 Å². The summed E-state index contributed by atoms with van der Waals surface area (Å²) >= 11 is 0. The Morgan fingerprint density at radius 2 is 2.40 bits per heavy atom. The molecule has 0 saturated carbocycles. The van der Waals surface area contributed by atoms with Crippen LogP contribution in [0.4, 0.5) is 0 Å². The highest BCUT2D eigenvalue weighted by molar-refractivity contribution is 8.39. The lowest BCUT2D eigenvalue weighted by Gasteiger charge is -2.58. The van der Waals surface area contributed by atoms with Crippen molar-refractivity contribution in [3.8, 4) is 0 Å². The quantitative estimate of drug-likeness (QED) is 0.535. The molecule has 3 saturated heterocycles. The van der Waals surface area contributed by atoms with Crippen molar-refractivity contribution in [2.45, 2.75) is 23.7 Å². The molecule has 3 heterocycles. The zero-order valence-corrected chi connectivity index (χ0v) is 7.06. The van der Waals surface area contributed by atoms with E-state index in [1.54, 1.807) is 7.11 Å². The first kappa shape index (κ1) is 5.86. The van der Waals surface area contributed by atoms with Gasteiger partial charge in [0.2, 0.25) is 0 Å². The van der Waals surface area contributed by atoms with E-state index >= 15 is 0 Å². The predicted octanol–water partition coefficient (Wildman–Crippen LogP) is 1.11. The van der Waals surface area contributed by atoms with Gasteiger partial charge in [-0.15, -0.1) is 10.3 Å². The van der Waals surface area contributed by atoms with Gasteiger partial charge in [0.1, 0.15) is 0 Å². The van der Waals surface area contributed by atoms with Gasteiger partial charge in [0.15, 0.2) is 6.29 Å². The van der Waals surface area contributed by atoms with Crippen LogP contribution in [0.15, 0.2) is 0 Å². The molecule has 3 aliphatic heterocycles. The van der Waals surface area contributed by atoms with Crippen molar-refractivity contribution in [1.82, 2.24) is 0 Å². The SMILES string of the molecule is CO[C@@H]1OS23CC2[C@H](C)C13. The van der Waals surface area contributed by atoms with Gasteiger partial charge in [-0.05, 0) is 5.92 Å². The molecule has 0 bridgehead atoms. The number of methoxy groups -OCH3 is 1. The largest absolute Gasteiger partial charge is 0.354 e. The third kappa shape index (κ3) is 0.372. The van der Waals surface area contributed by atoms with Gasteiger partial charge < -0.3 is 8.92 Å². The van der Waals surface area contributed by atoms with E-state index in [4.69, 9.17) is 8.92 Å². The fourth-order valence-electron chi connectivity index (χ4n) is 2.49. The van der Waals surface area contributed by atoms with Crippen molar-refractivity contribution < 1.29 is 8.92 Å². The van der Waals surface area contributed by atoms with Crippen LogP contribution in [0.5, 0.6) is 0 Å². The van der Waals surface area contributed by atoms with Gasteiger partial charge in [0.05, 0.1) is 5.25 Å². The summed E-state index contributed by atoms with van der Waals surface area (Å²) in [5.74, 6) is 2.28. The summed E-state index contributed by atoms with van der Waals surface area (Å²) in [6.07, 6.45) is 0.170. The van der Waals surface area contributed by atoms with E-state index in [9.17, 15) is 0 Å². The van der Waals surface area contributed by atoms with Gasteiger partial charge in [-0.25, -0.2) is 0 Å². The Morgan fingerprint density at radius 1 is 1.60 bits per heavy atom. The summed E-state index contributed by atoms with van der Waals surface area (Å²) in [6, 6.07) is 0. The first-order valence-electron chi connectivity index (χ1n) is 3.79. The average Bonchev–Trinajstić information content (AvgIpc) is 2.57. The number of hydrogen-bond acceptors (Lipinski definition) is 2. The maximum absolute atomic E-state index is 5.68. The molecule has 3 unspecified atom stereocenters. The first-order valence-corrected chi connectivity index (χ1v) is 5.65. The molecule has 0 amide bonds. The maximum Gasteiger partial charge on any atom is 0.180 e. The average molecular weight is 160 g/mol. The lowest BCUT2D eigenvalue weighted by atomic mass is 10.0. The zero-order valence-electron chi connectivity index (χ0n) is 6.24. The van der Waals surface area contributed by atoms with Gasteiger partial charge in [-0.3, -0.25) is 0 Å². The minimum absolute atomic E-state index is 0.170. The Balaban J connectivity index is 1.82. The Kier molecular flexibility index (Phi) is 0.821. The molecule has 3 fully saturated rings. The highest BCUT2D eigenvalue weighted by Gasteiger charge is 2.79. The fourth-order valence-corrected chi connectivity index (χ4v) is 7.07. The van der Waals surface area contributed by atoms with E-state index < -0.39 is 10.3 Å². The normalized spacial score (nSPS) is 75.4. The molecule has 0 aromatic rings. The Bertz CT molecular complexity index is 196. The molecule has 3 aliphatic rings. The summed E-state index contributed by atoms with van der Waals surface area (Å²) in [6.45, 7) is 2.34. The molecule has 0 aromatic heterocycles. The summed E-state index contributed by atoms with van der Waals surface area (Å²) in [4.78, 5) is 0. The number of hydrogen-bond donors (Lipinski definition) is 0. The molecule has 0 radical (unpaired) electrons. The summed E-state index contributed by atoms with van der Waals surface area (Å²) in [5.41, 5.74) is 0. The van der Waals surface area contributed by atoms with E-state index in [0.29, 0.717) is 0 Å². The van der Waals surface area contributed by atoms with Crippen molar-refractivity contribution in [3.63, 3.8) is 0 Å². The van der Waals surface area contributed by atoms with Gasteiger partial charge in [0.25, 0.3) is 0 Å². The van der Waals surface area contributed by atoms with Crippen molar-refractivity contribution in [1.29, 1.82) is 0 Å². The molecule has 0 aromatic carbocycles. The molecule has 58 valence electrons. The first-order chi connectivity index (χ1) is 4.79. The minimum atomic E-state index is -0.448. The molecule has 3 heteroatoms. The van der Waals surface area contributed by atoms with Crippen molar-refractivity contribution in [3.05, 3.63) is 0 Å². The second-order valence-electron chi connectivity index (χ2n) is 3.51. The van der Waals surface area contributed by atoms with Crippen molar-refractivity contribution in [2.24, 2.45) is 5.92 Å². The Morgan fingerprint density at radius 3 is 2.90 bits per heavy atom. The monoisotopic (exact) mass is 160 g/mol. The predicted molar refractivity (Wildman–Crippen MR) is 41.1 cm³/mol. The van der Waals surface area contributed by atoms with E-state index in [1.165, 1.54) is 5.75 Å². The van der Waals surface area contributed by atoms with Crippen LogP contribution in [0.1, 0.15) is 6.92 Å². The summed E-state index contributed by atoms with van der Waals surface area (Å²) in [7, 11) is 1.30. The minimum Gasteiger partial charge on any atom is -0.354 e. The second-order valence-corrected chi connectivity index (χ2v) is 6.74. The summed E-state index contributed by atoms with van der Waals surface area (Å²) in [5, 5.41) is 1.80. The molecule has 1 spiro atoms. The molecule has 5 atom stereocenters. The van der Waals surface area contributed by atoms with E-state index in [1.807, 2.05) is 0 Å². The fraction of sp³-hybridized carbons (Fsp3) is 1.00. The number of ether oxygens (including phenoxy) is 1. The maximum atomic E-state index is 5.68. The topological polar surface area (TPSA) is 18.5 Å². The van der Waals surface area contributed by atoms with Gasteiger partial charge >= 0.3 is 0 Å². The van der Waals surface area contributed by atoms with E-state index in [-0.39, 0.29) is 6.29 Å². The van der Waals surface area contributed by atoms with Crippen LogP contribution < -0.4 is 0 Å². The molecule has 0 aliphatic carbocycles. The third-order valence-corrected chi connectivity index (χ3v) is 7.36. The second kappa shape index (κ2) is 1.40. The summed E-state index contributed by atoms with van der Waals surface area (Å²) < 4.78 is 10.9. The smallest absolute Gasteiger partial charge is 0.180 e. The van der Waals surface area contributed by atoms with Gasteiger partial charge in [0, 0.05) is 18.1 Å². The highest BCUT2D eigenvalue weighted by atomic mass is 32.3. The van der Waals surface area contributed by atoms with Gasteiger partial charge in [-0.1, -0.05) is 6.92 Å². The molecule has 3 rings (SSSR count). The lowest BCUT2D eigenvalue weighted by molar-refractivity contribution is -0.0930. The molecular weight excluding hydrogens is 148 g/mol.